The fourth-order valence-corrected chi connectivity index (χ4v) is 3.93. The molecule has 0 aliphatic carbocycles. The molecule has 0 amide bonds. The minimum atomic E-state index is -3.82. The van der Waals surface area contributed by atoms with Gasteiger partial charge >= 0.3 is 0 Å². The highest BCUT2D eigenvalue weighted by atomic mass is 32.2. The third kappa shape index (κ3) is 8.61. The Labute approximate surface area is 197 Å². The molecule has 2 aromatic rings. The number of hydrogen-bond acceptors (Lipinski definition) is 6. The summed E-state index contributed by atoms with van der Waals surface area (Å²) in [6.07, 6.45) is 3.79. The molecule has 6 nitrogen and oxygen atoms in total. The van der Waals surface area contributed by atoms with Crippen LogP contribution in [0.4, 0.5) is 11.4 Å². The number of allylic oxidation sites excluding steroid dienone is 2. The number of hydrogen-bond donors (Lipinski definition) is 2. The number of thiocarbonyl (C=S) groups is 1. The van der Waals surface area contributed by atoms with E-state index < -0.39 is 10.0 Å². The van der Waals surface area contributed by atoms with Crippen LogP contribution in [0.2, 0.25) is 0 Å². The first-order valence-corrected chi connectivity index (χ1v) is 12.1. The van der Waals surface area contributed by atoms with Crippen molar-refractivity contribution in [3.8, 4) is 6.07 Å². The fraction of sp³-hybridized carbons (Fsp3) is 0.292. The van der Waals surface area contributed by atoms with E-state index in [2.05, 4.69) is 40.9 Å². The Hall–Kier alpha value is -3.02. The van der Waals surface area contributed by atoms with Gasteiger partial charge in [0, 0.05) is 18.8 Å². The number of aliphatic imine (C=N–C) groups is 1. The van der Waals surface area contributed by atoms with Crippen molar-refractivity contribution in [3.63, 3.8) is 0 Å². The number of benzene rings is 2. The second kappa shape index (κ2) is 14.9. The van der Waals surface area contributed by atoms with Gasteiger partial charge in [-0.15, -0.1) is 0 Å². The molecule has 3 N–H and O–H groups in total. The van der Waals surface area contributed by atoms with E-state index in [0.29, 0.717) is 11.1 Å². The molecule has 8 heteroatoms. The quantitative estimate of drug-likeness (QED) is 0.252. The van der Waals surface area contributed by atoms with Crippen LogP contribution in [-0.4, -0.2) is 26.5 Å². The molecule has 0 atom stereocenters. The molecule has 0 heterocycles. The van der Waals surface area contributed by atoms with Crippen LogP contribution in [0.5, 0.6) is 0 Å². The first-order chi connectivity index (χ1) is 15.2. The number of nitrogens with one attached hydrogen (secondary N) is 1. The molecule has 0 aliphatic rings. The van der Waals surface area contributed by atoms with Gasteiger partial charge in [0.05, 0.1) is 11.4 Å². The Morgan fingerprint density at radius 1 is 1.22 bits per heavy atom. The van der Waals surface area contributed by atoms with Gasteiger partial charge in [-0.1, -0.05) is 75.5 Å². The van der Waals surface area contributed by atoms with Crippen molar-refractivity contribution in [2.45, 2.75) is 41.0 Å². The van der Waals surface area contributed by atoms with Crippen molar-refractivity contribution >= 4 is 44.7 Å². The average Bonchev–Trinajstić information content (AvgIpc) is 2.81. The summed E-state index contributed by atoms with van der Waals surface area (Å²) in [5.74, 6) is 0. The van der Waals surface area contributed by atoms with E-state index in [1.54, 1.807) is 19.9 Å². The summed E-state index contributed by atoms with van der Waals surface area (Å²) in [7, 11) is -2.34. The molecule has 0 saturated carbocycles. The molecule has 32 heavy (non-hydrogen) atoms. The number of anilines is 2. The lowest BCUT2D eigenvalue weighted by Crippen LogP contribution is -2.18. The van der Waals surface area contributed by atoms with Crippen LogP contribution in [-0.2, 0) is 16.4 Å². The van der Waals surface area contributed by atoms with Gasteiger partial charge in [0.25, 0.3) is 10.0 Å². The Kier molecular flexibility index (Phi) is 13.5. The molecule has 2 rings (SSSR count). The molecular formula is C24H32N4O2S2. The van der Waals surface area contributed by atoms with E-state index in [-0.39, 0.29) is 21.1 Å². The zero-order valence-electron chi connectivity index (χ0n) is 19.5. The van der Waals surface area contributed by atoms with Crippen molar-refractivity contribution in [1.82, 2.24) is 0 Å². The van der Waals surface area contributed by atoms with E-state index in [4.69, 9.17) is 23.2 Å². The van der Waals surface area contributed by atoms with Crippen molar-refractivity contribution in [3.05, 3.63) is 70.1 Å². The molecule has 0 fully saturated rings. The predicted octanol–water partition coefficient (Wildman–Crippen LogP) is 5.44. The Balaban J connectivity index is 0.000000796. The SMILES string of the molecule is C/C=C(\C=NC)S(=O)(=O)Nc1ccc(C)c(C(=S)C#N)c1N.CC.CCc1ccccc1. The summed E-state index contributed by atoms with van der Waals surface area (Å²) in [5.41, 5.74) is 8.73. The number of sulfonamides is 1. The zero-order chi connectivity index (χ0) is 24.7. The van der Waals surface area contributed by atoms with Gasteiger partial charge in [0.15, 0.2) is 0 Å². The minimum Gasteiger partial charge on any atom is -0.396 e. The van der Waals surface area contributed by atoms with E-state index in [9.17, 15) is 8.42 Å². The summed E-state index contributed by atoms with van der Waals surface area (Å²) < 4.78 is 27.0. The highest BCUT2D eigenvalue weighted by Gasteiger charge is 2.19. The molecule has 0 spiro atoms. The Morgan fingerprint density at radius 3 is 2.25 bits per heavy atom. The van der Waals surface area contributed by atoms with Crippen LogP contribution in [0.25, 0.3) is 0 Å². The van der Waals surface area contributed by atoms with Crippen molar-refractivity contribution in [2.24, 2.45) is 4.99 Å². The van der Waals surface area contributed by atoms with Crippen LogP contribution in [0.15, 0.2) is 58.4 Å². The maximum absolute atomic E-state index is 12.3. The van der Waals surface area contributed by atoms with Gasteiger partial charge in [-0.25, -0.2) is 8.42 Å². The maximum Gasteiger partial charge on any atom is 0.263 e. The number of aryl methyl sites for hydroxylation is 2. The summed E-state index contributed by atoms with van der Waals surface area (Å²) >= 11 is 4.96. The van der Waals surface area contributed by atoms with Crippen LogP contribution in [0, 0.1) is 18.3 Å². The standard InChI is InChI=1S/C14H16N4O2S2.C8H10.C2H6/c1-4-10(8-17-3)22(19,20)18-11-6-5-9(2)13(14(11)16)12(21)7-15;1-2-8-6-4-3-5-7-8;1-2/h4-6,8,18H,16H2,1-3H3;3-7H,2H2,1H3;1-2H3/b10-4+,17-8?;;. The van der Waals surface area contributed by atoms with Crippen LogP contribution < -0.4 is 10.5 Å². The monoisotopic (exact) mass is 472 g/mol. The molecule has 0 unspecified atom stereocenters. The third-order valence-corrected chi connectivity index (χ3v) is 5.87. The predicted molar refractivity (Wildman–Crippen MR) is 141 cm³/mol. The van der Waals surface area contributed by atoms with Crippen LogP contribution >= 0.6 is 12.2 Å². The lowest BCUT2D eigenvalue weighted by molar-refractivity contribution is 0.608. The average molecular weight is 473 g/mol. The Bertz CT molecular complexity index is 1080. The normalized spacial score (nSPS) is 10.8. The molecule has 0 saturated heterocycles. The number of nitrogens with two attached hydrogens (primary N) is 1. The van der Waals surface area contributed by atoms with E-state index in [0.717, 1.165) is 6.42 Å². The number of nitriles is 1. The molecule has 0 bridgehead atoms. The van der Waals surface area contributed by atoms with Gasteiger partial charge < -0.3 is 5.73 Å². The minimum absolute atomic E-state index is 0.0115. The first kappa shape index (κ1) is 29.0. The molecule has 172 valence electrons. The van der Waals surface area contributed by atoms with Gasteiger partial charge in [-0.3, -0.25) is 9.71 Å². The highest BCUT2D eigenvalue weighted by Crippen LogP contribution is 2.28. The zero-order valence-corrected chi connectivity index (χ0v) is 21.1. The van der Waals surface area contributed by atoms with Gasteiger partial charge in [0.1, 0.15) is 15.8 Å². The first-order valence-electron chi connectivity index (χ1n) is 10.2. The van der Waals surface area contributed by atoms with Crippen LogP contribution in [0.3, 0.4) is 0 Å². The van der Waals surface area contributed by atoms with Gasteiger partial charge in [-0.2, -0.15) is 5.26 Å². The molecular weight excluding hydrogens is 440 g/mol. The van der Waals surface area contributed by atoms with Gasteiger partial charge in [-0.05, 0) is 37.5 Å². The fourth-order valence-electron chi connectivity index (χ4n) is 2.52. The highest BCUT2D eigenvalue weighted by molar-refractivity contribution is 7.97. The smallest absolute Gasteiger partial charge is 0.263 e. The molecule has 0 radical (unpaired) electrons. The van der Waals surface area contributed by atoms with Crippen molar-refractivity contribution in [1.29, 1.82) is 5.26 Å². The van der Waals surface area contributed by atoms with E-state index in [1.165, 1.54) is 31.0 Å². The van der Waals surface area contributed by atoms with Crippen molar-refractivity contribution < 1.29 is 8.42 Å². The number of nitrogens with zero attached hydrogens (tertiary/aromatic N) is 2. The summed E-state index contributed by atoms with van der Waals surface area (Å²) in [6, 6.07) is 15.5. The molecule has 0 aromatic heterocycles. The largest absolute Gasteiger partial charge is 0.396 e. The topological polar surface area (TPSA) is 108 Å². The van der Waals surface area contributed by atoms with Crippen molar-refractivity contribution in [2.75, 3.05) is 17.5 Å². The van der Waals surface area contributed by atoms with E-state index >= 15 is 0 Å². The lowest BCUT2D eigenvalue weighted by atomic mass is 10.0. The van der Waals surface area contributed by atoms with Gasteiger partial charge in [0.2, 0.25) is 0 Å². The van der Waals surface area contributed by atoms with E-state index in [1.807, 2.05) is 26.0 Å². The van der Waals surface area contributed by atoms with Crippen LogP contribution in [0.1, 0.15) is 44.4 Å². The summed E-state index contributed by atoms with van der Waals surface area (Å²) in [4.78, 5) is 3.73. The second-order valence-electron chi connectivity index (χ2n) is 6.18. The second-order valence-corrected chi connectivity index (χ2v) is 8.27. The third-order valence-electron chi connectivity index (χ3n) is 4.13. The summed E-state index contributed by atoms with van der Waals surface area (Å²) in [6.45, 7) is 9.50. The lowest BCUT2D eigenvalue weighted by Gasteiger charge is -2.14. The Morgan fingerprint density at radius 2 is 1.81 bits per heavy atom. The summed E-state index contributed by atoms with van der Waals surface area (Å²) in [5, 5.41) is 8.94. The molecule has 0 aliphatic heterocycles. The maximum atomic E-state index is 12.3. The molecule has 2 aromatic carbocycles. The number of nitrogen functional groups attached to an aromatic ring is 1. The number of rotatable bonds is 6.